The number of fused-ring (bicyclic) bond motifs is 2. The molecule has 0 aliphatic heterocycles. The number of aromatic amines is 2. The van der Waals surface area contributed by atoms with Gasteiger partial charge in [0, 0.05) is 56.6 Å². The summed E-state index contributed by atoms with van der Waals surface area (Å²) in [7, 11) is 0. The Hall–Kier alpha value is -4.23. The number of nitrogens with zero attached hydrogens (tertiary/aromatic N) is 2. The Morgan fingerprint density at radius 3 is 2.71 bits per heavy atom. The Bertz CT molecular complexity index is 1850. The average molecular weight is 574 g/mol. The van der Waals surface area contributed by atoms with Gasteiger partial charge in [-0.15, -0.1) is 11.3 Å². The molecule has 4 aromatic heterocycles. The molecule has 0 spiro atoms. The van der Waals surface area contributed by atoms with E-state index in [1.165, 1.54) is 51.4 Å². The maximum atomic E-state index is 12.7. The number of benzene rings is 1. The van der Waals surface area contributed by atoms with Gasteiger partial charge in [-0.2, -0.15) is 5.10 Å². The van der Waals surface area contributed by atoms with E-state index in [9.17, 15) is 4.79 Å². The molecule has 1 aromatic carbocycles. The largest absolute Gasteiger partial charge is 0.356 e. The maximum Gasteiger partial charge on any atom is 0.224 e. The Balaban J connectivity index is 1.18. The van der Waals surface area contributed by atoms with Crippen LogP contribution in [-0.4, -0.2) is 26.1 Å². The number of carbonyl (C=O) groups excluding carboxylic acids is 1. The van der Waals surface area contributed by atoms with Gasteiger partial charge in [0.2, 0.25) is 5.91 Å². The number of nitrogens with one attached hydrogen (secondary N) is 3. The number of rotatable bonds is 6. The third-order valence-corrected chi connectivity index (χ3v) is 9.59. The number of H-pyrrole nitrogens is 2. The summed E-state index contributed by atoms with van der Waals surface area (Å²) in [6, 6.07) is 15.0. The zero-order chi connectivity index (χ0) is 28.6. The van der Waals surface area contributed by atoms with E-state index in [0.29, 0.717) is 12.3 Å². The van der Waals surface area contributed by atoms with Crippen molar-refractivity contribution in [3.8, 4) is 22.5 Å². The highest BCUT2D eigenvalue weighted by molar-refractivity contribution is 7.13. The van der Waals surface area contributed by atoms with Gasteiger partial charge in [-0.25, -0.2) is 0 Å². The van der Waals surface area contributed by atoms with E-state index < -0.39 is 0 Å². The van der Waals surface area contributed by atoms with Crippen LogP contribution < -0.4 is 5.32 Å². The van der Waals surface area contributed by atoms with Crippen LogP contribution in [0.5, 0.6) is 0 Å². The molecule has 2 aliphatic rings. The van der Waals surface area contributed by atoms with Crippen LogP contribution >= 0.6 is 11.3 Å². The summed E-state index contributed by atoms with van der Waals surface area (Å²) >= 11 is 1.82. The van der Waals surface area contributed by atoms with E-state index in [0.717, 1.165) is 58.4 Å². The zero-order valence-electron chi connectivity index (χ0n) is 24.1. The number of hydrogen-bond donors (Lipinski definition) is 3. The van der Waals surface area contributed by atoms with Crippen LogP contribution in [0.3, 0.4) is 0 Å². The van der Waals surface area contributed by atoms with E-state index >= 15 is 0 Å². The molecule has 7 heteroatoms. The van der Waals surface area contributed by atoms with Gasteiger partial charge < -0.3 is 10.3 Å². The minimum atomic E-state index is 0.0798. The van der Waals surface area contributed by atoms with Crippen LogP contribution in [0.4, 0.5) is 5.69 Å². The van der Waals surface area contributed by atoms with Crippen LogP contribution in [0, 0.1) is 12.8 Å². The molecule has 4 heterocycles. The van der Waals surface area contributed by atoms with Crippen LogP contribution in [-0.2, 0) is 11.2 Å². The highest BCUT2D eigenvalue weighted by Crippen LogP contribution is 2.38. The van der Waals surface area contributed by atoms with Crippen LogP contribution in [0.15, 0.2) is 72.6 Å². The van der Waals surface area contributed by atoms with Gasteiger partial charge in [0.15, 0.2) is 0 Å². The van der Waals surface area contributed by atoms with Gasteiger partial charge in [-0.1, -0.05) is 43.1 Å². The number of aryl methyl sites for hydroxylation is 1. The summed E-state index contributed by atoms with van der Waals surface area (Å²) in [4.78, 5) is 23.5. The molecule has 1 amide bonds. The summed E-state index contributed by atoms with van der Waals surface area (Å²) < 4.78 is 0. The summed E-state index contributed by atoms with van der Waals surface area (Å²) in [6.07, 6.45) is 15.6. The number of allylic oxidation sites excluding steroid dienone is 3. The van der Waals surface area contributed by atoms with Crippen molar-refractivity contribution in [1.29, 1.82) is 0 Å². The van der Waals surface area contributed by atoms with E-state index in [-0.39, 0.29) is 5.91 Å². The second-order valence-electron chi connectivity index (χ2n) is 11.8. The second-order valence-corrected chi connectivity index (χ2v) is 13.1. The molecular formula is C35H35N5OS. The van der Waals surface area contributed by atoms with Crippen molar-refractivity contribution in [2.24, 2.45) is 5.92 Å². The summed E-state index contributed by atoms with van der Waals surface area (Å²) in [5.41, 5.74) is 10.6. The molecule has 212 valence electrons. The Morgan fingerprint density at radius 1 is 1.00 bits per heavy atom. The molecule has 3 N–H and O–H groups in total. The highest BCUT2D eigenvalue weighted by Gasteiger charge is 2.21. The first kappa shape index (κ1) is 26.7. The van der Waals surface area contributed by atoms with Crippen molar-refractivity contribution in [2.75, 3.05) is 5.32 Å². The summed E-state index contributed by atoms with van der Waals surface area (Å²) in [5, 5.41) is 12.1. The number of carbonyl (C=O) groups is 1. The Labute approximate surface area is 250 Å². The maximum absolute atomic E-state index is 12.7. The quantitative estimate of drug-likeness (QED) is 0.190. The monoisotopic (exact) mass is 573 g/mol. The average Bonchev–Trinajstić information content (AvgIpc) is 3.70. The first-order valence-corrected chi connectivity index (χ1v) is 15.7. The molecule has 5 aromatic rings. The Morgan fingerprint density at radius 2 is 1.88 bits per heavy atom. The number of hydrogen-bond acceptors (Lipinski definition) is 4. The fourth-order valence-electron chi connectivity index (χ4n) is 6.38. The number of pyridine rings is 1. The molecular weight excluding hydrogens is 538 g/mol. The molecule has 1 fully saturated rings. The van der Waals surface area contributed by atoms with Gasteiger partial charge in [0.25, 0.3) is 0 Å². The molecule has 0 bridgehead atoms. The lowest BCUT2D eigenvalue weighted by Gasteiger charge is -2.20. The van der Waals surface area contributed by atoms with Crippen molar-refractivity contribution in [3.05, 3.63) is 93.6 Å². The standard InChI is InChI=1S/C35H35N5OS/c1-21-8-11-27(33-13-9-22(2)42-33)28-18-32(38-31(28)14-21)35-29-17-24(10-12-30(29)39-40-35)25-16-26(20-36-19-25)37-34(41)15-23-6-4-3-5-7-23/h8-13,16-20,23,38H,3-7,14-15H2,1-2H3,(H,37,41)(H,39,40). The van der Waals surface area contributed by atoms with Crippen molar-refractivity contribution in [2.45, 2.75) is 58.8 Å². The minimum Gasteiger partial charge on any atom is -0.356 e. The lowest BCUT2D eigenvalue weighted by molar-refractivity contribution is -0.117. The summed E-state index contributed by atoms with van der Waals surface area (Å²) in [6.45, 7) is 4.33. The van der Waals surface area contributed by atoms with E-state index in [1.54, 1.807) is 6.20 Å². The predicted octanol–water partition coefficient (Wildman–Crippen LogP) is 8.83. The smallest absolute Gasteiger partial charge is 0.224 e. The molecule has 0 radical (unpaired) electrons. The van der Waals surface area contributed by atoms with E-state index in [1.807, 2.05) is 23.6 Å². The highest BCUT2D eigenvalue weighted by atomic mass is 32.1. The van der Waals surface area contributed by atoms with Crippen LogP contribution in [0.25, 0.3) is 39.0 Å². The fourth-order valence-corrected chi connectivity index (χ4v) is 7.29. The molecule has 1 saturated carbocycles. The zero-order valence-corrected chi connectivity index (χ0v) is 24.9. The number of aromatic nitrogens is 4. The normalized spacial score (nSPS) is 15.7. The van der Waals surface area contributed by atoms with E-state index in [4.69, 9.17) is 5.10 Å². The van der Waals surface area contributed by atoms with Gasteiger partial charge in [0.1, 0.15) is 5.69 Å². The molecule has 0 unspecified atom stereocenters. The van der Waals surface area contributed by atoms with Crippen molar-refractivity contribution < 1.29 is 4.79 Å². The lowest BCUT2D eigenvalue weighted by atomic mass is 9.87. The summed E-state index contributed by atoms with van der Waals surface area (Å²) in [5.74, 6) is 0.580. The third-order valence-electron chi connectivity index (χ3n) is 8.56. The van der Waals surface area contributed by atoms with Gasteiger partial charge >= 0.3 is 0 Å². The van der Waals surface area contributed by atoms with Crippen molar-refractivity contribution in [3.63, 3.8) is 0 Å². The third kappa shape index (κ3) is 5.37. The van der Waals surface area contributed by atoms with Gasteiger partial charge in [0.05, 0.1) is 23.1 Å². The second kappa shape index (κ2) is 11.2. The molecule has 6 nitrogen and oxygen atoms in total. The first-order chi connectivity index (χ1) is 20.5. The van der Waals surface area contributed by atoms with Crippen molar-refractivity contribution in [1.82, 2.24) is 20.2 Å². The minimum absolute atomic E-state index is 0.0798. The van der Waals surface area contributed by atoms with Crippen LogP contribution in [0.1, 0.15) is 66.5 Å². The number of thiophene rings is 1. The molecule has 0 atom stereocenters. The molecule has 7 rings (SSSR count). The van der Waals surface area contributed by atoms with Gasteiger partial charge in [-0.3, -0.25) is 14.9 Å². The fraction of sp³-hybridized carbons (Fsp3) is 0.286. The lowest BCUT2D eigenvalue weighted by Crippen LogP contribution is -2.18. The topological polar surface area (TPSA) is 86.5 Å². The number of anilines is 1. The van der Waals surface area contributed by atoms with Gasteiger partial charge in [-0.05, 0) is 74.6 Å². The van der Waals surface area contributed by atoms with Crippen molar-refractivity contribution >= 4 is 39.4 Å². The predicted molar refractivity (Wildman–Crippen MR) is 173 cm³/mol. The molecule has 42 heavy (non-hydrogen) atoms. The SMILES string of the molecule is CC1=CC=C(c2ccc(C)s2)c2cc(-c3n[nH]c4ccc(-c5cncc(NC(=O)CC6CCCCC6)c5)cc34)[nH]c2C1. The first-order valence-electron chi connectivity index (χ1n) is 14.9. The van der Waals surface area contributed by atoms with E-state index in [2.05, 4.69) is 82.8 Å². The van der Waals surface area contributed by atoms with Crippen LogP contribution in [0.2, 0.25) is 0 Å². The molecule has 2 aliphatic carbocycles. The number of amides is 1. The Kier molecular flexibility index (Phi) is 7.12. The molecule has 0 saturated heterocycles.